The van der Waals surface area contributed by atoms with Gasteiger partial charge in [0.15, 0.2) is 0 Å². The molecule has 0 saturated carbocycles. The molecule has 0 amide bonds. The van der Waals surface area contributed by atoms with Gasteiger partial charge in [-0.15, -0.1) is 0 Å². The summed E-state index contributed by atoms with van der Waals surface area (Å²) in [5, 5.41) is 7.03. The average Bonchev–Trinajstić information content (AvgIpc) is 2.42. The van der Waals surface area contributed by atoms with E-state index in [4.69, 9.17) is 0 Å². The van der Waals surface area contributed by atoms with Crippen molar-refractivity contribution in [2.45, 2.75) is 49.6 Å². The molecule has 3 heteroatoms. The van der Waals surface area contributed by atoms with Crippen LogP contribution in [0.5, 0.6) is 0 Å². The average molecular weight is 300 g/mol. The fraction of sp³-hybridized carbons (Fsp3) is 0.333. The van der Waals surface area contributed by atoms with E-state index in [0.717, 1.165) is 0 Å². The lowest BCUT2D eigenvalue weighted by Gasteiger charge is -2.17. The Morgan fingerprint density at radius 3 is 1.43 bits per heavy atom. The summed E-state index contributed by atoms with van der Waals surface area (Å²) in [5.74, 6) is 0. The smallest absolute Gasteiger partial charge is 0.0483 e. The van der Waals surface area contributed by atoms with Crippen LogP contribution < -0.4 is 10.6 Å². The molecule has 0 radical (unpaired) electrons. The first-order valence-corrected chi connectivity index (χ1v) is 8.27. The van der Waals surface area contributed by atoms with Crippen LogP contribution in [0.3, 0.4) is 0 Å². The van der Waals surface area contributed by atoms with Crippen LogP contribution in [-0.2, 0) is 0 Å². The van der Waals surface area contributed by atoms with Gasteiger partial charge in [0.1, 0.15) is 0 Å². The zero-order valence-electron chi connectivity index (χ0n) is 13.2. The largest absolute Gasteiger partial charge is 0.382 e. The van der Waals surface area contributed by atoms with Gasteiger partial charge in [0, 0.05) is 33.2 Å². The molecule has 0 aromatic heterocycles. The Balaban J connectivity index is 2.26. The Morgan fingerprint density at radius 1 is 0.667 bits per heavy atom. The lowest BCUT2D eigenvalue weighted by atomic mass is 10.3. The van der Waals surface area contributed by atoms with Crippen LogP contribution in [0.4, 0.5) is 11.4 Å². The lowest BCUT2D eigenvalue weighted by Crippen LogP contribution is -2.11. The molecule has 112 valence electrons. The van der Waals surface area contributed by atoms with Gasteiger partial charge in [-0.05, 0) is 52.0 Å². The maximum absolute atomic E-state index is 3.51. The normalized spacial score (nSPS) is 11.0. The zero-order valence-corrected chi connectivity index (χ0v) is 14.0. The molecule has 21 heavy (non-hydrogen) atoms. The number of hydrogen-bond donors (Lipinski definition) is 2. The van der Waals surface area contributed by atoms with Crippen LogP contribution in [0.15, 0.2) is 58.3 Å². The molecule has 0 atom stereocenters. The molecule has 0 unspecified atom stereocenters. The first-order valence-electron chi connectivity index (χ1n) is 7.45. The minimum atomic E-state index is 0.427. The van der Waals surface area contributed by atoms with Crippen LogP contribution in [0.1, 0.15) is 27.7 Å². The van der Waals surface area contributed by atoms with E-state index in [1.807, 2.05) is 0 Å². The second-order valence-corrected chi connectivity index (χ2v) is 6.78. The highest BCUT2D eigenvalue weighted by atomic mass is 32.2. The SMILES string of the molecule is CC(C)Nc1ccccc1Sc1ccccc1NC(C)C. The molecule has 2 aromatic rings. The van der Waals surface area contributed by atoms with E-state index in [1.54, 1.807) is 11.8 Å². The van der Waals surface area contributed by atoms with Gasteiger partial charge >= 0.3 is 0 Å². The second kappa shape index (κ2) is 7.41. The van der Waals surface area contributed by atoms with Gasteiger partial charge in [0.05, 0.1) is 0 Å². The fourth-order valence-corrected chi connectivity index (χ4v) is 3.09. The first-order chi connectivity index (χ1) is 10.1. The summed E-state index contributed by atoms with van der Waals surface area (Å²) < 4.78 is 0. The third-order valence-corrected chi connectivity index (χ3v) is 4.03. The molecule has 0 spiro atoms. The maximum atomic E-state index is 3.51. The van der Waals surface area contributed by atoms with Crippen LogP contribution in [0.2, 0.25) is 0 Å². The van der Waals surface area contributed by atoms with Gasteiger partial charge in [-0.25, -0.2) is 0 Å². The Bertz CT molecular complexity index is 527. The minimum Gasteiger partial charge on any atom is -0.382 e. The highest BCUT2D eigenvalue weighted by molar-refractivity contribution is 7.99. The number of hydrogen-bond acceptors (Lipinski definition) is 3. The highest BCUT2D eigenvalue weighted by Gasteiger charge is 2.08. The monoisotopic (exact) mass is 300 g/mol. The topological polar surface area (TPSA) is 24.1 Å². The van der Waals surface area contributed by atoms with Gasteiger partial charge in [-0.3, -0.25) is 0 Å². The van der Waals surface area contributed by atoms with Gasteiger partial charge in [-0.1, -0.05) is 36.0 Å². The van der Waals surface area contributed by atoms with E-state index >= 15 is 0 Å². The van der Waals surface area contributed by atoms with E-state index < -0.39 is 0 Å². The lowest BCUT2D eigenvalue weighted by molar-refractivity contribution is 0.893. The molecular weight excluding hydrogens is 276 g/mol. The van der Waals surface area contributed by atoms with Gasteiger partial charge in [0.2, 0.25) is 0 Å². The van der Waals surface area contributed by atoms with Crippen molar-refractivity contribution in [2.75, 3.05) is 10.6 Å². The molecule has 2 N–H and O–H groups in total. The summed E-state index contributed by atoms with van der Waals surface area (Å²) in [7, 11) is 0. The Hall–Kier alpha value is -1.61. The molecule has 2 aromatic carbocycles. The number of rotatable bonds is 6. The van der Waals surface area contributed by atoms with Crippen molar-refractivity contribution >= 4 is 23.1 Å². The minimum absolute atomic E-state index is 0.427. The van der Waals surface area contributed by atoms with Crippen LogP contribution in [0, 0.1) is 0 Å². The molecule has 2 nitrogen and oxygen atoms in total. The third kappa shape index (κ3) is 4.71. The van der Waals surface area contributed by atoms with Crippen molar-refractivity contribution in [3.8, 4) is 0 Å². The fourth-order valence-electron chi connectivity index (χ4n) is 2.09. The van der Waals surface area contributed by atoms with Gasteiger partial charge in [0.25, 0.3) is 0 Å². The molecule has 0 bridgehead atoms. The maximum Gasteiger partial charge on any atom is 0.0483 e. The third-order valence-electron chi connectivity index (χ3n) is 2.88. The van der Waals surface area contributed by atoms with Gasteiger partial charge < -0.3 is 10.6 Å². The number of nitrogens with one attached hydrogen (secondary N) is 2. The second-order valence-electron chi connectivity index (χ2n) is 5.69. The summed E-state index contributed by atoms with van der Waals surface area (Å²) in [5.41, 5.74) is 2.38. The number of para-hydroxylation sites is 2. The summed E-state index contributed by atoms with van der Waals surface area (Å²) in [6.45, 7) is 8.65. The molecule has 0 aliphatic carbocycles. The predicted molar refractivity (Wildman–Crippen MR) is 94.5 cm³/mol. The van der Waals surface area contributed by atoms with E-state index in [1.165, 1.54) is 21.2 Å². The summed E-state index contributed by atoms with van der Waals surface area (Å²) in [6, 6.07) is 17.8. The van der Waals surface area contributed by atoms with E-state index in [-0.39, 0.29) is 0 Å². The van der Waals surface area contributed by atoms with Crippen molar-refractivity contribution < 1.29 is 0 Å². The van der Waals surface area contributed by atoms with Crippen molar-refractivity contribution in [2.24, 2.45) is 0 Å². The van der Waals surface area contributed by atoms with Crippen molar-refractivity contribution in [3.63, 3.8) is 0 Å². The van der Waals surface area contributed by atoms with Crippen LogP contribution >= 0.6 is 11.8 Å². The molecule has 0 heterocycles. The van der Waals surface area contributed by atoms with E-state index in [9.17, 15) is 0 Å². The summed E-state index contributed by atoms with van der Waals surface area (Å²) in [6.07, 6.45) is 0. The Kier molecular flexibility index (Phi) is 5.57. The van der Waals surface area contributed by atoms with Crippen LogP contribution in [-0.4, -0.2) is 12.1 Å². The van der Waals surface area contributed by atoms with Gasteiger partial charge in [-0.2, -0.15) is 0 Å². The number of anilines is 2. The Labute approximate surface area is 132 Å². The molecule has 2 rings (SSSR count). The van der Waals surface area contributed by atoms with E-state index in [2.05, 4.69) is 86.9 Å². The molecule has 0 fully saturated rings. The summed E-state index contributed by atoms with van der Waals surface area (Å²) >= 11 is 1.80. The summed E-state index contributed by atoms with van der Waals surface area (Å²) in [4.78, 5) is 2.51. The highest BCUT2D eigenvalue weighted by Crippen LogP contribution is 2.37. The molecule has 0 saturated heterocycles. The predicted octanol–water partition coefficient (Wildman–Crippen LogP) is 5.48. The van der Waals surface area contributed by atoms with Crippen molar-refractivity contribution in [1.29, 1.82) is 0 Å². The Morgan fingerprint density at radius 2 is 1.05 bits per heavy atom. The van der Waals surface area contributed by atoms with Crippen molar-refractivity contribution in [1.82, 2.24) is 0 Å². The first kappa shape index (κ1) is 15.8. The zero-order chi connectivity index (χ0) is 15.2. The van der Waals surface area contributed by atoms with E-state index in [0.29, 0.717) is 12.1 Å². The number of benzene rings is 2. The van der Waals surface area contributed by atoms with Crippen LogP contribution in [0.25, 0.3) is 0 Å². The molecule has 0 aliphatic rings. The molecular formula is C18H24N2S. The molecule has 0 aliphatic heterocycles. The van der Waals surface area contributed by atoms with Crippen molar-refractivity contribution in [3.05, 3.63) is 48.5 Å². The quantitative estimate of drug-likeness (QED) is 0.739. The standard InChI is InChI=1S/C18H24N2S/c1-13(2)19-15-9-5-7-11-17(15)21-18-12-8-6-10-16(18)20-14(3)4/h5-14,19-20H,1-4H3.